The van der Waals surface area contributed by atoms with Gasteiger partial charge in [0.05, 0.1) is 11.1 Å². The first-order valence-electron chi connectivity index (χ1n) is 19.8. The van der Waals surface area contributed by atoms with Crippen molar-refractivity contribution in [1.82, 2.24) is 5.32 Å². The number of halogens is 6. The number of aldehydes is 1. The first kappa shape index (κ1) is 65.2. The number of ether oxygens (including phenoxy) is 4. The SMILES string of the molecule is CC(=O)OOC(C)=O.CC(=O)[O-].CC(C)(C)OC(=O)COc1ccc(C(F)(F)F)cc1-c1cccc(C=O)c1.CNCc1cccc(-c2cc(C(F)(F)F)ccc2OCC(=O)OC(C)(C)C)c1.[B].[Na+]. The molecule has 0 saturated carbocycles. The number of hydrogen-bond donors (Lipinski definition) is 1. The van der Waals surface area contributed by atoms with E-state index in [4.69, 9.17) is 28.8 Å². The van der Waals surface area contributed by atoms with Crippen LogP contribution in [0.2, 0.25) is 0 Å². The molecule has 0 aliphatic rings. The van der Waals surface area contributed by atoms with E-state index in [1.54, 1.807) is 78.9 Å². The first-order valence-corrected chi connectivity index (χ1v) is 19.8. The molecule has 1 N–H and O–H groups in total. The van der Waals surface area contributed by atoms with Crippen LogP contribution in [0.5, 0.6) is 11.5 Å². The van der Waals surface area contributed by atoms with E-state index in [2.05, 4.69) is 15.1 Å². The molecule has 0 aromatic heterocycles. The monoisotopic (exact) mass is 986 g/mol. The fraction of sp³-hybridized carbons (Fsp3) is 0.362. The maximum absolute atomic E-state index is 13.2. The van der Waals surface area contributed by atoms with Crippen LogP contribution in [0.4, 0.5) is 26.3 Å². The topological polar surface area (TPSA) is 193 Å². The number of aliphatic carboxylic acids is 1. The summed E-state index contributed by atoms with van der Waals surface area (Å²) in [6.07, 6.45) is -8.43. The van der Waals surface area contributed by atoms with Crippen molar-refractivity contribution in [3.63, 3.8) is 0 Å². The Morgan fingerprint density at radius 1 is 0.609 bits per heavy atom. The third-order valence-corrected chi connectivity index (χ3v) is 7.37. The van der Waals surface area contributed by atoms with E-state index < -0.39 is 77.7 Å². The zero-order valence-electron chi connectivity index (χ0n) is 39.9. The Morgan fingerprint density at radius 3 is 1.32 bits per heavy atom. The van der Waals surface area contributed by atoms with Gasteiger partial charge in [0.2, 0.25) is 0 Å². The average molecular weight is 987 g/mol. The quantitative estimate of drug-likeness (QED) is 0.0520. The van der Waals surface area contributed by atoms with Gasteiger partial charge < -0.3 is 34.2 Å². The van der Waals surface area contributed by atoms with Crippen LogP contribution in [-0.2, 0) is 62.1 Å². The Balaban J connectivity index is 0. The summed E-state index contributed by atoms with van der Waals surface area (Å²) in [6.45, 7) is 13.2. The van der Waals surface area contributed by atoms with Crippen LogP contribution in [0.1, 0.15) is 89.4 Å². The van der Waals surface area contributed by atoms with Gasteiger partial charge in [-0.1, -0.05) is 36.4 Å². The summed E-state index contributed by atoms with van der Waals surface area (Å²) in [5.41, 5.74) is -0.494. The largest absolute Gasteiger partial charge is 1.00 e. The average Bonchev–Trinajstić information content (AvgIpc) is 3.20. The number of carboxylic acid groups (broad SMARTS) is 1. The number of carboxylic acids is 1. The van der Waals surface area contributed by atoms with Crippen LogP contribution in [-0.4, -0.2) is 76.0 Å². The Hall–Kier alpha value is -5.90. The number of esters is 2. The zero-order valence-corrected chi connectivity index (χ0v) is 41.9. The summed E-state index contributed by atoms with van der Waals surface area (Å²) in [4.78, 5) is 70.9. The molecule has 0 heterocycles. The van der Waals surface area contributed by atoms with E-state index >= 15 is 0 Å². The molecular weight excluding hydrogens is 934 g/mol. The van der Waals surface area contributed by atoms with E-state index in [0.29, 0.717) is 29.5 Å². The summed E-state index contributed by atoms with van der Waals surface area (Å²) in [7, 11) is 1.78. The fourth-order valence-corrected chi connectivity index (χ4v) is 5.08. The molecule has 0 aliphatic carbocycles. The molecule has 0 unspecified atom stereocenters. The molecule has 4 aromatic rings. The summed E-state index contributed by atoms with van der Waals surface area (Å²) >= 11 is 0. The molecule has 0 fully saturated rings. The fourth-order valence-electron chi connectivity index (χ4n) is 5.08. The van der Waals surface area contributed by atoms with Crippen molar-refractivity contribution in [2.45, 2.75) is 92.4 Å². The van der Waals surface area contributed by atoms with Crippen molar-refractivity contribution >= 4 is 44.5 Å². The third kappa shape index (κ3) is 27.6. The summed E-state index contributed by atoms with van der Waals surface area (Å²) < 4.78 is 100. The molecule has 4 rings (SSSR count). The van der Waals surface area contributed by atoms with Gasteiger partial charge >= 0.3 is 65.8 Å². The third-order valence-electron chi connectivity index (χ3n) is 7.37. The van der Waals surface area contributed by atoms with Crippen LogP contribution in [0, 0.1) is 0 Å². The van der Waals surface area contributed by atoms with Crippen LogP contribution in [0.15, 0.2) is 84.9 Å². The minimum Gasteiger partial charge on any atom is -0.550 e. The maximum atomic E-state index is 13.2. The zero-order chi connectivity index (χ0) is 51.3. The summed E-state index contributed by atoms with van der Waals surface area (Å²) in [6, 6.07) is 19.4. The number of rotatable bonds is 11. The van der Waals surface area contributed by atoms with Crippen molar-refractivity contribution in [3.05, 3.63) is 107 Å². The molecule has 0 aliphatic heterocycles. The second kappa shape index (κ2) is 29.9. The van der Waals surface area contributed by atoms with Gasteiger partial charge in [0.15, 0.2) is 13.2 Å². The van der Waals surface area contributed by atoms with E-state index in [9.17, 15) is 50.3 Å². The van der Waals surface area contributed by atoms with Gasteiger partial charge in [-0.2, -0.15) is 26.3 Å². The molecule has 0 saturated heterocycles. The predicted octanol–water partition coefficient (Wildman–Crippen LogP) is 5.12. The normalized spacial score (nSPS) is 10.7. The van der Waals surface area contributed by atoms with Crippen LogP contribution in [0.25, 0.3) is 22.3 Å². The van der Waals surface area contributed by atoms with Gasteiger partial charge in [0.1, 0.15) is 29.0 Å². The van der Waals surface area contributed by atoms with Gasteiger partial charge in [-0.25, -0.2) is 29.0 Å². The summed E-state index contributed by atoms with van der Waals surface area (Å²) in [5.74, 6) is -3.34. The smallest absolute Gasteiger partial charge is 0.550 e. The van der Waals surface area contributed by atoms with Gasteiger partial charge in [-0.15, -0.1) is 0 Å². The molecule has 14 nitrogen and oxygen atoms in total. The van der Waals surface area contributed by atoms with E-state index in [0.717, 1.165) is 56.7 Å². The summed E-state index contributed by atoms with van der Waals surface area (Å²) in [5, 5.41) is 11.9. The number of benzene rings is 4. The molecule has 4 aromatic carbocycles. The molecule has 369 valence electrons. The second-order valence-corrected chi connectivity index (χ2v) is 15.8. The van der Waals surface area contributed by atoms with Crippen molar-refractivity contribution in [3.8, 4) is 33.8 Å². The van der Waals surface area contributed by atoms with Crippen molar-refractivity contribution < 1.29 is 118 Å². The molecular formula is C47H52BF6NNaO13. The van der Waals surface area contributed by atoms with Crippen molar-refractivity contribution in [2.75, 3.05) is 20.3 Å². The van der Waals surface area contributed by atoms with Crippen LogP contribution < -0.4 is 49.5 Å². The van der Waals surface area contributed by atoms with Crippen LogP contribution in [0.3, 0.4) is 0 Å². The van der Waals surface area contributed by atoms with Gasteiger partial charge in [0, 0.05) is 51.5 Å². The van der Waals surface area contributed by atoms with Gasteiger partial charge in [0.25, 0.3) is 0 Å². The molecule has 0 spiro atoms. The Kier molecular flexibility index (Phi) is 28.2. The van der Waals surface area contributed by atoms with E-state index in [1.165, 1.54) is 18.2 Å². The standard InChI is InChI=1S/C21H24F3NO3.C20H19F3O4.C4H6O4.C2H4O2.B.Na/c1-20(2,3)28-19(26)13-27-18-9-8-16(21(22,23)24)11-17(18)15-7-5-6-14(10-15)12-25-4;1-19(2,3)27-18(25)12-26-17-8-7-15(20(21,22)23)10-16(17)14-6-4-5-13(9-14)11-24;1-3(5)7-8-4(2)6;1-2(3)4;;/h5-11,25H,12-13H2,1-4H3;4-11H,12H2,1-3H3;1-2H3;1H3,(H,3,4);;/q;;;;;+1/p-1. The Bertz CT molecular complexity index is 2290. The number of hydrogen-bond acceptors (Lipinski definition) is 14. The minimum absolute atomic E-state index is 0. The molecule has 22 heteroatoms. The number of alkyl halides is 6. The van der Waals surface area contributed by atoms with Crippen LogP contribution >= 0.6 is 0 Å². The first-order chi connectivity index (χ1) is 30.8. The predicted molar refractivity (Wildman–Crippen MR) is 235 cm³/mol. The molecule has 69 heavy (non-hydrogen) atoms. The molecule has 0 amide bonds. The van der Waals surface area contributed by atoms with Gasteiger partial charge in [-0.3, -0.25) is 4.79 Å². The number of nitrogens with one attached hydrogen (secondary N) is 1. The Morgan fingerprint density at radius 2 is 0.986 bits per heavy atom. The molecule has 0 bridgehead atoms. The number of carbonyl (C=O) groups excluding carboxylic acids is 6. The second-order valence-electron chi connectivity index (χ2n) is 15.8. The number of carbonyl (C=O) groups is 6. The maximum Gasteiger partial charge on any atom is 1.00 e. The van der Waals surface area contributed by atoms with Gasteiger partial charge in [-0.05, 0) is 121 Å². The minimum atomic E-state index is -4.54. The van der Waals surface area contributed by atoms with Crippen molar-refractivity contribution in [2.24, 2.45) is 0 Å². The molecule has 3 radical (unpaired) electrons. The Labute approximate surface area is 420 Å². The van der Waals surface area contributed by atoms with E-state index in [-0.39, 0.29) is 60.6 Å². The van der Waals surface area contributed by atoms with E-state index in [1.807, 2.05) is 6.07 Å². The molecule has 0 atom stereocenters. The van der Waals surface area contributed by atoms with Crippen molar-refractivity contribution in [1.29, 1.82) is 0 Å².